The predicted octanol–water partition coefficient (Wildman–Crippen LogP) is 4.61. The van der Waals surface area contributed by atoms with Crippen molar-refractivity contribution in [2.45, 2.75) is 59.4 Å². The first-order valence-electron chi connectivity index (χ1n) is 7.47. The van der Waals surface area contributed by atoms with Crippen LogP contribution in [0.2, 0.25) is 0 Å². The Kier molecular flexibility index (Phi) is 6.42. The average Bonchev–Trinajstić information content (AvgIpc) is 2.42. The molecule has 0 atom stereocenters. The number of piperidine rings is 1. The predicted molar refractivity (Wildman–Crippen MR) is 81.2 cm³/mol. The minimum atomic E-state index is 0.707. The summed E-state index contributed by atoms with van der Waals surface area (Å²) in [5.74, 6) is 0.788. The van der Waals surface area contributed by atoms with Gasteiger partial charge in [-0.2, -0.15) is 0 Å². The summed E-state index contributed by atoms with van der Waals surface area (Å²) in [6.07, 6.45) is 2.64. The molecule has 1 aliphatic rings. The van der Waals surface area contributed by atoms with Crippen LogP contribution in [-0.2, 0) is 0 Å². The molecule has 2 rings (SSSR count). The molecule has 1 heterocycles. The molecule has 102 valence electrons. The summed E-state index contributed by atoms with van der Waals surface area (Å²) < 4.78 is 0. The van der Waals surface area contributed by atoms with Gasteiger partial charge in [0, 0.05) is 6.04 Å². The molecule has 1 aromatic rings. The number of rotatable bonds is 2. The lowest BCUT2D eigenvalue weighted by molar-refractivity contribution is 0.172. The normalized spacial score (nSPS) is 17.4. The van der Waals surface area contributed by atoms with Gasteiger partial charge in [0.05, 0.1) is 0 Å². The number of hydrogen-bond acceptors (Lipinski definition) is 1. The first-order chi connectivity index (χ1) is 8.66. The van der Waals surface area contributed by atoms with Crippen molar-refractivity contribution in [1.29, 1.82) is 0 Å². The van der Waals surface area contributed by atoms with Crippen molar-refractivity contribution in [3.05, 3.63) is 35.4 Å². The Balaban J connectivity index is 0.000000771. The monoisotopic (exact) mass is 247 g/mol. The standard InChI is InChI=1S/C15H23N.C2H6/c1-12(2)16-10-8-15(9-11-16)14-6-4-13(3)5-7-14;1-2/h4-7,12,15H,8-11H2,1-3H3;1-2H3. The van der Waals surface area contributed by atoms with E-state index in [1.165, 1.54) is 37.1 Å². The minimum absolute atomic E-state index is 0.707. The van der Waals surface area contributed by atoms with Crippen LogP contribution in [0.15, 0.2) is 24.3 Å². The quantitative estimate of drug-likeness (QED) is 0.737. The molecule has 0 radical (unpaired) electrons. The lowest BCUT2D eigenvalue weighted by atomic mass is 9.88. The largest absolute Gasteiger partial charge is 0.301 e. The molecule has 0 aliphatic carbocycles. The zero-order chi connectivity index (χ0) is 13.5. The van der Waals surface area contributed by atoms with Crippen LogP contribution in [0.25, 0.3) is 0 Å². The number of aryl methyl sites for hydroxylation is 1. The SMILES string of the molecule is CC.Cc1ccc(C2CCN(C(C)C)CC2)cc1. The summed E-state index contributed by atoms with van der Waals surface area (Å²) in [7, 11) is 0. The summed E-state index contributed by atoms with van der Waals surface area (Å²) in [5.41, 5.74) is 2.90. The summed E-state index contributed by atoms with van der Waals surface area (Å²) in [5, 5.41) is 0. The molecule has 0 spiro atoms. The van der Waals surface area contributed by atoms with Crippen molar-refractivity contribution < 1.29 is 0 Å². The van der Waals surface area contributed by atoms with Gasteiger partial charge in [-0.1, -0.05) is 43.7 Å². The van der Waals surface area contributed by atoms with Crippen LogP contribution in [0, 0.1) is 6.92 Å². The molecule has 0 N–H and O–H groups in total. The van der Waals surface area contributed by atoms with Crippen molar-refractivity contribution in [3.8, 4) is 0 Å². The third kappa shape index (κ3) is 4.13. The molecule has 1 heteroatoms. The Morgan fingerprint density at radius 2 is 1.50 bits per heavy atom. The van der Waals surface area contributed by atoms with Crippen LogP contribution >= 0.6 is 0 Å². The highest BCUT2D eigenvalue weighted by atomic mass is 15.1. The molecule has 0 unspecified atom stereocenters. The van der Waals surface area contributed by atoms with Gasteiger partial charge in [0.1, 0.15) is 0 Å². The van der Waals surface area contributed by atoms with Gasteiger partial charge in [-0.25, -0.2) is 0 Å². The van der Waals surface area contributed by atoms with Gasteiger partial charge in [-0.3, -0.25) is 0 Å². The minimum Gasteiger partial charge on any atom is -0.301 e. The highest BCUT2D eigenvalue weighted by Crippen LogP contribution is 2.28. The molecule has 0 amide bonds. The van der Waals surface area contributed by atoms with E-state index in [-0.39, 0.29) is 0 Å². The van der Waals surface area contributed by atoms with Gasteiger partial charge >= 0.3 is 0 Å². The first kappa shape index (κ1) is 15.2. The molecule has 1 saturated heterocycles. The molecule has 0 saturated carbocycles. The molecule has 1 nitrogen and oxygen atoms in total. The zero-order valence-electron chi connectivity index (χ0n) is 12.7. The van der Waals surface area contributed by atoms with E-state index in [1.54, 1.807) is 0 Å². The highest BCUT2D eigenvalue weighted by molar-refractivity contribution is 5.24. The average molecular weight is 247 g/mol. The lowest BCUT2D eigenvalue weighted by Gasteiger charge is -2.34. The van der Waals surface area contributed by atoms with E-state index in [0.29, 0.717) is 6.04 Å². The molecule has 18 heavy (non-hydrogen) atoms. The van der Waals surface area contributed by atoms with E-state index >= 15 is 0 Å². The molecule has 0 bridgehead atoms. The van der Waals surface area contributed by atoms with Gasteiger partial charge in [0.25, 0.3) is 0 Å². The maximum absolute atomic E-state index is 2.59. The Labute approximate surface area is 113 Å². The number of benzene rings is 1. The maximum atomic E-state index is 2.59. The second-order valence-electron chi connectivity index (χ2n) is 5.31. The fourth-order valence-electron chi connectivity index (χ4n) is 2.59. The summed E-state index contributed by atoms with van der Waals surface area (Å²) in [6.45, 7) is 13.3. The van der Waals surface area contributed by atoms with E-state index in [2.05, 4.69) is 49.9 Å². The Hall–Kier alpha value is -0.820. The third-order valence-corrected chi connectivity index (χ3v) is 3.81. The van der Waals surface area contributed by atoms with Crippen LogP contribution in [0.3, 0.4) is 0 Å². The molecule has 0 aromatic heterocycles. The number of hydrogen-bond donors (Lipinski definition) is 0. The van der Waals surface area contributed by atoms with E-state index in [9.17, 15) is 0 Å². The lowest BCUT2D eigenvalue weighted by Crippen LogP contribution is -2.37. The van der Waals surface area contributed by atoms with E-state index in [1.807, 2.05) is 13.8 Å². The van der Waals surface area contributed by atoms with Crippen LogP contribution in [0.4, 0.5) is 0 Å². The van der Waals surface area contributed by atoms with Gasteiger partial charge in [0.15, 0.2) is 0 Å². The Morgan fingerprint density at radius 1 is 1.00 bits per heavy atom. The van der Waals surface area contributed by atoms with Crippen molar-refractivity contribution in [2.24, 2.45) is 0 Å². The Morgan fingerprint density at radius 3 is 1.94 bits per heavy atom. The van der Waals surface area contributed by atoms with Crippen molar-refractivity contribution in [3.63, 3.8) is 0 Å². The summed E-state index contributed by atoms with van der Waals surface area (Å²) in [6, 6.07) is 9.81. The zero-order valence-corrected chi connectivity index (χ0v) is 12.7. The molecule has 1 fully saturated rings. The van der Waals surface area contributed by atoms with Crippen LogP contribution < -0.4 is 0 Å². The third-order valence-electron chi connectivity index (χ3n) is 3.81. The van der Waals surface area contributed by atoms with Gasteiger partial charge in [0.2, 0.25) is 0 Å². The van der Waals surface area contributed by atoms with Crippen LogP contribution in [0.5, 0.6) is 0 Å². The number of likely N-dealkylation sites (tertiary alicyclic amines) is 1. The fraction of sp³-hybridized carbons (Fsp3) is 0.647. The van der Waals surface area contributed by atoms with Gasteiger partial charge < -0.3 is 4.90 Å². The van der Waals surface area contributed by atoms with Crippen molar-refractivity contribution in [1.82, 2.24) is 4.90 Å². The fourth-order valence-corrected chi connectivity index (χ4v) is 2.59. The van der Waals surface area contributed by atoms with Crippen LogP contribution in [-0.4, -0.2) is 24.0 Å². The molecular formula is C17H29N. The molecular weight excluding hydrogens is 218 g/mol. The van der Waals surface area contributed by atoms with E-state index < -0.39 is 0 Å². The molecule has 1 aliphatic heterocycles. The number of nitrogens with zero attached hydrogens (tertiary/aromatic N) is 1. The van der Waals surface area contributed by atoms with Crippen molar-refractivity contribution >= 4 is 0 Å². The summed E-state index contributed by atoms with van der Waals surface area (Å²) in [4.78, 5) is 2.59. The molecule has 1 aromatic carbocycles. The van der Waals surface area contributed by atoms with Crippen molar-refractivity contribution in [2.75, 3.05) is 13.1 Å². The second-order valence-corrected chi connectivity index (χ2v) is 5.31. The first-order valence-corrected chi connectivity index (χ1v) is 7.47. The van der Waals surface area contributed by atoms with Gasteiger partial charge in [-0.05, 0) is 58.2 Å². The maximum Gasteiger partial charge on any atom is 0.00385 e. The highest BCUT2D eigenvalue weighted by Gasteiger charge is 2.21. The van der Waals surface area contributed by atoms with E-state index in [4.69, 9.17) is 0 Å². The van der Waals surface area contributed by atoms with E-state index in [0.717, 1.165) is 5.92 Å². The van der Waals surface area contributed by atoms with Gasteiger partial charge in [-0.15, -0.1) is 0 Å². The van der Waals surface area contributed by atoms with Crippen LogP contribution in [0.1, 0.15) is 57.6 Å². The summed E-state index contributed by atoms with van der Waals surface area (Å²) >= 11 is 0. The topological polar surface area (TPSA) is 3.24 Å². The smallest absolute Gasteiger partial charge is 0.00385 e. The Bertz CT molecular complexity index is 318. The second kappa shape index (κ2) is 7.58.